The molecule has 1 aromatic rings. The number of carbonyl (C=O) groups is 2. The van der Waals surface area contributed by atoms with Crippen molar-refractivity contribution in [2.75, 3.05) is 19.6 Å². The zero-order valence-electron chi connectivity index (χ0n) is 11.1. The molecule has 0 aromatic heterocycles. The monoisotopic (exact) mass is 339 g/mol. The van der Waals surface area contributed by atoms with Crippen LogP contribution in [0.1, 0.15) is 23.2 Å². The number of nitrogens with two attached hydrogens (primary N) is 1. The molecule has 0 bridgehead atoms. The highest BCUT2D eigenvalue weighted by Gasteiger charge is 2.23. The average molecular weight is 340 g/mol. The lowest BCUT2D eigenvalue weighted by molar-refractivity contribution is -0.130. The molecule has 3 N–H and O–H groups in total. The van der Waals surface area contributed by atoms with Gasteiger partial charge in [0, 0.05) is 42.1 Å². The molecule has 1 fully saturated rings. The van der Waals surface area contributed by atoms with Crippen LogP contribution in [0.2, 0.25) is 0 Å². The van der Waals surface area contributed by atoms with Crippen molar-refractivity contribution in [2.45, 2.75) is 18.9 Å². The first-order chi connectivity index (χ1) is 9.56. The maximum absolute atomic E-state index is 11.9. The molecule has 1 heterocycles. The fourth-order valence-corrected chi connectivity index (χ4v) is 2.42. The molecule has 2 amide bonds. The number of benzene rings is 1. The van der Waals surface area contributed by atoms with Gasteiger partial charge in [0.25, 0.3) is 5.91 Å². The summed E-state index contributed by atoms with van der Waals surface area (Å²) in [6, 6.07) is 7.19. The summed E-state index contributed by atoms with van der Waals surface area (Å²) in [6.45, 7) is 1.69. The molecule has 1 aliphatic heterocycles. The molecule has 1 aromatic carbocycles. The van der Waals surface area contributed by atoms with Crippen molar-refractivity contribution >= 4 is 27.7 Å². The number of hydrogen-bond acceptors (Lipinski definition) is 3. The predicted octanol–water partition coefficient (Wildman–Crippen LogP) is 1.13. The highest BCUT2D eigenvalue weighted by atomic mass is 79.9. The van der Waals surface area contributed by atoms with Crippen molar-refractivity contribution in [3.63, 3.8) is 0 Å². The van der Waals surface area contributed by atoms with Crippen LogP contribution in [0.5, 0.6) is 0 Å². The van der Waals surface area contributed by atoms with E-state index in [1.807, 2.05) is 12.1 Å². The van der Waals surface area contributed by atoms with Gasteiger partial charge in [0.05, 0.1) is 0 Å². The Bertz CT molecular complexity index is 490. The average Bonchev–Trinajstić information content (AvgIpc) is 2.86. The van der Waals surface area contributed by atoms with Crippen molar-refractivity contribution in [3.05, 3.63) is 34.3 Å². The Kier molecular flexibility index (Phi) is 5.14. The third kappa shape index (κ3) is 4.05. The Morgan fingerprint density at radius 2 is 2.05 bits per heavy atom. The number of amides is 2. The molecule has 0 spiro atoms. The van der Waals surface area contributed by atoms with E-state index >= 15 is 0 Å². The highest BCUT2D eigenvalue weighted by molar-refractivity contribution is 9.10. The van der Waals surface area contributed by atoms with Crippen molar-refractivity contribution in [1.29, 1.82) is 0 Å². The molecule has 1 aliphatic rings. The van der Waals surface area contributed by atoms with Gasteiger partial charge < -0.3 is 16.0 Å². The van der Waals surface area contributed by atoms with E-state index in [0.29, 0.717) is 25.1 Å². The van der Waals surface area contributed by atoms with E-state index in [4.69, 9.17) is 5.73 Å². The van der Waals surface area contributed by atoms with Gasteiger partial charge in [-0.3, -0.25) is 9.59 Å². The molecular weight excluding hydrogens is 322 g/mol. The fourth-order valence-electron chi connectivity index (χ4n) is 2.16. The summed E-state index contributed by atoms with van der Waals surface area (Å²) >= 11 is 3.32. The predicted molar refractivity (Wildman–Crippen MR) is 80.3 cm³/mol. The first-order valence-corrected chi connectivity index (χ1v) is 7.42. The summed E-state index contributed by atoms with van der Waals surface area (Å²) in [5.74, 6) is -0.113. The molecule has 0 saturated carbocycles. The Morgan fingerprint density at radius 1 is 1.35 bits per heavy atom. The minimum atomic E-state index is -0.163. The molecule has 6 heteroatoms. The maximum atomic E-state index is 11.9. The van der Waals surface area contributed by atoms with Crippen molar-refractivity contribution in [3.8, 4) is 0 Å². The molecule has 2 rings (SSSR count). The largest absolute Gasteiger partial charge is 0.352 e. The second-order valence-electron chi connectivity index (χ2n) is 4.90. The van der Waals surface area contributed by atoms with Crippen LogP contribution in [0.15, 0.2) is 28.7 Å². The second kappa shape index (κ2) is 6.85. The van der Waals surface area contributed by atoms with Gasteiger partial charge in [-0.25, -0.2) is 0 Å². The summed E-state index contributed by atoms with van der Waals surface area (Å²) in [7, 11) is 0. The van der Waals surface area contributed by atoms with Crippen LogP contribution < -0.4 is 11.1 Å². The summed E-state index contributed by atoms with van der Waals surface area (Å²) in [4.78, 5) is 25.5. The first-order valence-electron chi connectivity index (χ1n) is 6.63. The first kappa shape index (κ1) is 15.0. The maximum Gasteiger partial charge on any atom is 0.251 e. The molecule has 0 unspecified atom stereocenters. The summed E-state index contributed by atoms with van der Waals surface area (Å²) in [6.07, 6.45) is 1.17. The minimum absolute atomic E-state index is 0.0501. The van der Waals surface area contributed by atoms with Crippen LogP contribution in [-0.2, 0) is 4.79 Å². The summed E-state index contributed by atoms with van der Waals surface area (Å²) < 4.78 is 0.926. The van der Waals surface area contributed by atoms with Crippen LogP contribution in [0.4, 0.5) is 0 Å². The number of halogens is 1. The second-order valence-corrected chi connectivity index (χ2v) is 5.82. The fraction of sp³-hybridized carbons (Fsp3) is 0.429. The molecule has 1 atom stereocenters. The van der Waals surface area contributed by atoms with Crippen LogP contribution in [0.3, 0.4) is 0 Å². The number of hydrogen-bond donors (Lipinski definition) is 2. The van der Waals surface area contributed by atoms with E-state index in [-0.39, 0.29) is 17.9 Å². The Hall–Kier alpha value is -1.40. The van der Waals surface area contributed by atoms with Gasteiger partial charge >= 0.3 is 0 Å². The standard InChI is InChI=1S/C14H18BrN3O2/c15-11-3-1-10(2-4-11)14(20)17-7-5-13(19)18-8-6-12(16)9-18/h1-4,12H,5-9,16H2,(H,17,20)/t12-/m1/s1. The van der Waals surface area contributed by atoms with E-state index in [0.717, 1.165) is 17.4 Å². The van der Waals surface area contributed by atoms with Gasteiger partial charge in [-0.2, -0.15) is 0 Å². The lowest BCUT2D eigenvalue weighted by Gasteiger charge is -2.15. The zero-order chi connectivity index (χ0) is 14.5. The Labute approximate surface area is 126 Å². The number of carbonyl (C=O) groups excluding carboxylic acids is 2. The molecule has 1 saturated heterocycles. The van der Waals surface area contributed by atoms with Gasteiger partial charge in [-0.1, -0.05) is 15.9 Å². The molecular formula is C14H18BrN3O2. The van der Waals surface area contributed by atoms with Gasteiger partial charge in [0.15, 0.2) is 0 Å². The summed E-state index contributed by atoms with van der Waals surface area (Å²) in [5.41, 5.74) is 6.35. The highest BCUT2D eigenvalue weighted by Crippen LogP contribution is 2.10. The van der Waals surface area contributed by atoms with Crippen LogP contribution in [-0.4, -0.2) is 42.4 Å². The topological polar surface area (TPSA) is 75.4 Å². The molecule has 0 aliphatic carbocycles. The van der Waals surface area contributed by atoms with E-state index in [9.17, 15) is 9.59 Å². The van der Waals surface area contributed by atoms with Crippen molar-refractivity contribution < 1.29 is 9.59 Å². The number of rotatable bonds is 4. The molecule has 20 heavy (non-hydrogen) atoms. The van der Waals surface area contributed by atoms with Gasteiger partial charge in [-0.05, 0) is 30.7 Å². The normalized spacial score (nSPS) is 18.1. The van der Waals surface area contributed by atoms with Gasteiger partial charge in [0.2, 0.25) is 5.91 Å². The van der Waals surface area contributed by atoms with Gasteiger partial charge in [0.1, 0.15) is 0 Å². The smallest absolute Gasteiger partial charge is 0.251 e. The van der Waals surface area contributed by atoms with E-state index in [2.05, 4.69) is 21.2 Å². The van der Waals surface area contributed by atoms with Crippen molar-refractivity contribution in [1.82, 2.24) is 10.2 Å². The number of likely N-dealkylation sites (tertiary alicyclic amines) is 1. The molecule has 108 valence electrons. The lowest BCUT2D eigenvalue weighted by atomic mass is 10.2. The van der Waals surface area contributed by atoms with E-state index in [1.165, 1.54) is 0 Å². The van der Waals surface area contributed by atoms with Crippen LogP contribution in [0.25, 0.3) is 0 Å². The minimum Gasteiger partial charge on any atom is -0.352 e. The Morgan fingerprint density at radius 3 is 2.65 bits per heavy atom. The molecule has 0 radical (unpaired) electrons. The third-order valence-electron chi connectivity index (χ3n) is 3.31. The quantitative estimate of drug-likeness (QED) is 0.863. The number of nitrogens with one attached hydrogen (secondary N) is 1. The van der Waals surface area contributed by atoms with E-state index < -0.39 is 0 Å². The SMILES string of the molecule is N[C@@H]1CCN(C(=O)CCNC(=O)c2ccc(Br)cc2)C1. The Balaban J connectivity index is 1.74. The van der Waals surface area contributed by atoms with Gasteiger partial charge in [-0.15, -0.1) is 0 Å². The van der Waals surface area contributed by atoms with Crippen LogP contribution in [0, 0.1) is 0 Å². The molecule has 5 nitrogen and oxygen atoms in total. The van der Waals surface area contributed by atoms with Crippen LogP contribution >= 0.6 is 15.9 Å². The zero-order valence-corrected chi connectivity index (χ0v) is 12.7. The lowest BCUT2D eigenvalue weighted by Crippen LogP contribution is -2.34. The van der Waals surface area contributed by atoms with E-state index in [1.54, 1.807) is 17.0 Å². The third-order valence-corrected chi connectivity index (χ3v) is 3.84. The number of nitrogens with zero attached hydrogens (tertiary/aromatic N) is 1. The summed E-state index contributed by atoms with van der Waals surface area (Å²) in [5, 5.41) is 2.75. The van der Waals surface area contributed by atoms with Crippen molar-refractivity contribution in [2.24, 2.45) is 5.73 Å².